The van der Waals surface area contributed by atoms with E-state index in [2.05, 4.69) is 10.6 Å². The van der Waals surface area contributed by atoms with Crippen LogP contribution in [0.5, 0.6) is 0 Å². The summed E-state index contributed by atoms with van der Waals surface area (Å²) < 4.78 is 5.32. The summed E-state index contributed by atoms with van der Waals surface area (Å²) in [7, 11) is 0. The maximum absolute atomic E-state index is 12.7. The smallest absolute Gasteiger partial charge is 0.339 e. The fraction of sp³-hybridized carbons (Fsp3) is 0.273. The molecule has 1 aliphatic heterocycles. The standard InChI is InChI=1S/C22H23N3O5/c1-3-25(13-20(27)24-16-10-8-15(9-11-16)23-14(2)26)21(28)12-19-17-6-4-5-7-18(17)22(29)30-19/h4-11,19H,3,12-13H2,1-2H3,(H,23,26)(H,24,27)/t19-/m0/s1. The van der Waals surface area contributed by atoms with Crippen LogP contribution in [0.3, 0.4) is 0 Å². The van der Waals surface area contributed by atoms with Gasteiger partial charge in [-0.25, -0.2) is 4.79 Å². The molecule has 2 aromatic carbocycles. The molecule has 0 saturated heterocycles. The highest BCUT2D eigenvalue weighted by Gasteiger charge is 2.33. The summed E-state index contributed by atoms with van der Waals surface area (Å²) in [5.41, 5.74) is 2.34. The first-order chi connectivity index (χ1) is 14.4. The minimum Gasteiger partial charge on any atom is -0.453 e. The number of amides is 3. The summed E-state index contributed by atoms with van der Waals surface area (Å²) in [5, 5.41) is 5.37. The van der Waals surface area contributed by atoms with E-state index in [1.54, 1.807) is 55.5 Å². The van der Waals surface area contributed by atoms with Gasteiger partial charge in [-0.1, -0.05) is 18.2 Å². The Morgan fingerprint density at radius 1 is 1.00 bits per heavy atom. The molecule has 0 spiro atoms. The number of hydrogen-bond acceptors (Lipinski definition) is 5. The number of esters is 1. The van der Waals surface area contributed by atoms with Crippen molar-refractivity contribution >= 4 is 35.1 Å². The van der Waals surface area contributed by atoms with Crippen LogP contribution in [-0.2, 0) is 19.1 Å². The van der Waals surface area contributed by atoms with Gasteiger partial charge in [-0.2, -0.15) is 0 Å². The zero-order chi connectivity index (χ0) is 21.7. The molecule has 3 amide bonds. The van der Waals surface area contributed by atoms with Crippen molar-refractivity contribution in [2.24, 2.45) is 0 Å². The number of rotatable bonds is 7. The Morgan fingerprint density at radius 2 is 1.63 bits per heavy atom. The van der Waals surface area contributed by atoms with E-state index in [1.807, 2.05) is 0 Å². The van der Waals surface area contributed by atoms with E-state index in [0.29, 0.717) is 29.0 Å². The van der Waals surface area contributed by atoms with Crippen LogP contribution < -0.4 is 10.6 Å². The fourth-order valence-corrected chi connectivity index (χ4v) is 3.25. The molecule has 0 bridgehead atoms. The Labute approximate surface area is 174 Å². The molecule has 8 heteroatoms. The molecule has 1 aliphatic rings. The van der Waals surface area contributed by atoms with Gasteiger partial charge in [0, 0.05) is 30.4 Å². The minimum atomic E-state index is -0.639. The number of benzene rings is 2. The third kappa shape index (κ3) is 5.02. The second-order valence-corrected chi connectivity index (χ2v) is 6.90. The minimum absolute atomic E-state index is 0.0186. The first kappa shape index (κ1) is 21.0. The number of carbonyl (C=O) groups excluding carboxylic acids is 4. The lowest BCUT2D eigenvalue weighted by atomic mass is 10.0. The van der Waals surface area contributed by atoms with Gasteiger partial charge in [-0.3, -0.25) is 14.4 Å². The molecular formula is C22H23N3O5. The van der Waals surface area contributed by atoms with Gasteiger partial charge in [0.05, 0.1) is 18.5 Å². The van der Waals surface area contributed by atoms with Crippen molar-refractivity contribution in [1.82, 2.24) is 4.90 Å². The number of cyclic esters (lactones) is 1. The van der Waals surface area contributed by atoms with Crippen LogP contribution in [0.2, 0.25) is 0 Å². The van der Waals surface area contributed by atoms with Crippen LogP contribution in [0, 0.1) is 0 Å². The van der Waals surface area contributed by atoms with Crippen LogP contribution in [0.4, 0.5) is 11.4 Å². The van der Waals surface area contributed by atoms with E-state index in [9.17, 15) is 19.2 Å². The van der Waals surface area contributed by atoms with E-state index in [0.717, 1.165) is 0 Å². The molecule has 1 atom stereocenters. The molecule has 2 N–H and O–H groups in total. The number of nitrogens with one attached hydrogen (secondary N) is 2. The summed E-state index contributed by atoms with van der Waals surface area (Å²) >= 11 is 0. The van der Waals surface area contributed by atoms with Crippen LogP contribution >= 0.6 is 0 Å². The third-order valence-corrected chi connectivity index (χ3v) is 4.69. The Balaban J connectivity index is 1.57. The molecule has 0 aliphatic carbocycles. The zero-order valence-corrected chi connectivity index (χ0v) is 16.8. The van der Waals surface area contributed by atoms with Crippen molar-refractivity contribution in [1.29, 1.82) is 0 Å². The van der Waals surface area contributed by atoms with Gasteiger partial charge in [0.1, 0.15) is 6.10 Å². The van der Waals surface area contributed by atoms with Crippen molar-refractivity contribution in [3.63, 3.8) is 0 Å². The largest absolute Gasteiger partial charge is 0.453 e. The van der Waals surface area contributed by atoms with Gasteiger partial charge >= 0.3 is 5.97 Å². The molecule has 0 saturated carbocycles. The number of carbonyl (C=O) groups is 4. The molecule has 0 fully saturated rings. The number of anilines is 2. The summed E-state index contributed by atoms with van der Waals surface area (Å²) in [6, 6.07) is 13.6. The van der Waals surface area contributed by atoms with Crippen LogP contribution in [0.25, 0.3) is 0 Å². The Hall–Kier alpha value is -3.68. The normalized spacial score (nSPS) is 14.5. The highest BCUT2D eigenvalue weighted by Crippen LogP contribution is 2.33. The van der Waals surface area contributed by atoms with E-state index >= 15 is 0 Å². The van der Waals surface area contributed by atoms with Gasteiger partial charge in [-0.05, 0) is 37.3 Å². The molecule has 30 heavy (non-hydrogen) atoms. The first-order valence-corrected chi connectivity index (χ1v) is 9.62. The maximum Gasteiger partial charge on any atom is 0.339 e. The number of ether oxygens (including phenoxy) is 1. The Morgan fingerprint density at radius 3 is 2.27 bits per heavy atom. The van der Waals surface area contributed by atoms with Gasteiger partial charge in [0.25, 0.3) is 0 Å². The van der Waals surface area contributed by atoms with Gasteiger partial charge < -0.3 is 20.3 Å². The zero-order valence-electron chi connectivity index (χ0n) is 16.8. The Bertz CT molecular complexity index is 971. The number of fused-ring (bicyclic) bond motifs is 1. The monoisotopic (exact) mass is 409 g/mol. The summed E-state index contributed by atoms with van der Waals surface area (Å²) in [6.45, 7) is 3.42. The highest BCUT2D eigenvalue weighted by molar-refractivity contribution is 5.96. The average molecular weight is 409 g/mol. The van der Waals surface area contributed by atoms with E-state index in [-0.39, 0.29) is 30.7 Å². The van der Waals surface area contributed by atoms with Crippen molar-refractivity contribution in [3.8, 4) is 0 Å². The van der Waals surface area contributed by atoms with Crippen molar-refractivity contribution in [2.45, 2.75) is 26.4 Å². The molecule has 1 heterocycles. The van der Waals surface area contributed by atoms with Crippen molar-refractivity contribution < 1.29 is 23.9 Å². The molecule has 0 unspecified atom stereocenters. The average Bonchev–Trinajstić information content (AvgIpc) is 3.03. The summed E-state index contributed by atoms with van der Waals surface area (Å²) in [6.07, 6.45) is -0.658. The lowest BCUT2D eigenvalue weighted by Crippen LogP contribution is -2.38. The molecule has 8 nitrogen and oxygen atoms in total. The quantitative estimate of drug-likeness (QED) is 0.684. The van der Waals surface area contributed by atoms with Crippen molar-refractivity contribution in [2.75, 3.05) is 23.7 Å². The van der Waals surface area contributed by atoms with E-state index in [4.69, 9.17) is 4.74 Å². The molecule has 156 valence electrons. The summed E-state index contributed by atoms with van der Waals surface area (Å²) in [5.74, 6) is -1.24. The molecule has 2 aromatic rings. The summed E-state index contributed by atoms with van der Waals surface area (Å²) in [4.78, 5) is 49.5. The van der Waals surface area contributed by atoms with Gasteiger partial charge in [0.2, 0.25) is 17.7 Å². The predicted octanol–water partition coefficient (Wildman–Crippen LogP) is 2.73. The van der Waals surface area contributed by atoms with Crippen LogP contribution in [0.15, 0.2) is 48.5 Å². The second kappa shape index (κ2) is 9.21. The van der Waals surface area contributed by atoms with Crippen LogP contribution in [0.1, 0.15) is 42.3 Å². The Kier molecular flexibility index (Phi) is 6.46. The molecular weight excluding hydrogens is 386 g/mol. The van der Waals surface area contributed by atoms with Crippen molar-refractivity contribution in [3.05, 3.63) is 59.7 Å². The van der Waals surface area contributed by atoms with Gasteiger partial charge in [0.15, 0.2) is 0 Å². The molecule has 0 aromatic heterocycles. The highest BCUT2D eigenvalue weighted by atomic mass is 16.5. The lowest BCUT2D eigenvalue weighted by molar-refractivity contribution is -0.136. The first-order valence-electron chi connectivity index (χ1n) is 9.62. The fourth-order valence-electron chi connectivity index (χ4n) is 3.25. The predicted molar refractivity (Wildman–Crippen MR) is 111 cm³/mol. The number of likely N-dealkylation sites (N-methyl/N-ethyl adjacent to an activating group) is 1. The topological polar surface area (TPSA) is 105 Å². The van der Waals surface area contributed by atoms with E-state index < -0.39 is 12.1 Å². The molecule has 0 radical (unpaired) electrons. The lowest BCUT2D eigenvalue weighted by Gasteiger charge is -2.22. The van der Waals surface area contributed by atoms with Gasteiger partial charge in [-0.15, -0.1) is 0 Å². The number of hydrogen-bond donors (Lipinski definition) is 2. The third-order valence-electron chi connectivity index (χ3n) is 4.69. The maximum atomic E-state index is 12.7. The second-order valence-electron chi connectivity index (χ2n) is 6.90. The molecule has 3 rings (SSSR count). The van der Waals surface area contributed by atoms with Crippen LogP contribution in [-0.4, -0.2) is 41.7 Å². The SMILES string of the molecule is CCN(CC(=O)Nc1ccc(NC(C)=O)cc1)C(=O)C[C@@H]1OC(=O)c2ccccc21. The van der Waals surface area contributed by atoms with E-state index in [1.165, 1.54) is 11.8 Å². The number of nitrogens with zero attached hydrogens (tertiary/aromatic N) is 1.